The van der Waals surface area contributed by atoms with Crippen molar-refractivity contribution in [2.75, 3.05) is 7.11 Å². The van der Waals surface area contributed by atoms with Gasteiger partial charge in [0.2, 0.25) is 0 Å². The molecule has 0 fully saturated rings. The lowest BCUT2D eigenvalue weighted by molar-refractivity contribution is -0.144. The summed E-state index contributed by atoms with van der Waals surface area (Å²) < 4.78 is 19.3. The molecule has 0 aliphatic carbocycles. The van der Waals surface area contributed by atoms with E-state index in [-0.39, 0.29) is 11.3 Å². The smallest absolute Gasteiger partial charge is 0.328 e. The maximum Gasteiger partial charge on any atom is 0.328 e. The summed E-state index contributed by atoms with van der Waals surface area (Å²) in [4.78, 5) is 12.7. The molecule has 2 N–H and O–H groups in total. The van der Waals surface area contributed by atoms with Crippen molar-refractivity contribution in [3.8, 4) is 5.75 Å². The maximum absolute atomic E-state index is 14.2. The van der Waals surface area contributed by atoms with Crippen LogP contribution >= 0.6 is 11.3 Å². The second-order valence-electron chi connectivity index (χ2n) is 4.68. The molecule has 112 valence electrons. The van der Waals surface area contributed by atoms with E-state index in [9.17, 15) is 14.3 Å². The van der Waals surface area contributed by atoms with Gasteiger partial charge in [0.05, 0.1) is 12.7 Å². The highest BCUT2D eigenvalue weighted by Gasteiger charge is 2.39. The Morgan fingerprint density at radius 2 is 2.19 bits per heavy atom. The summed E-state index contributed by atoms with van der Waals surface area (Å²) in [6.07, 6.45) is 0. The Bertz CT molecular complexity index is 630. The highest BCUT2D eigenvalue weighted by atomic mass is 32.1. The Morgan fingerprint density at radius 3 is 2.76 bits per heavy atom. The zero-order chi connectivity index (χ0) is 15.5. The number of aliphatic carboxylic acids is 1. The van der Waals surface area contributed by atoms with E-state index in [1.807, 2.05) is 17.5 Å². The molecule has 0 bridgehead atoms. The molecule has 1 atom stereocenters. The molecule has 0 saturated carbocycles. The van der Waals surface area contributed by atoms with Crippen LogP contribution in [0.2, 0.25) is 0 Å². The number of methoxy groups -OCH3 is 1. The van der Waals surface area contributed by atoms with Gasteiger partial charge in [0.25, 0.3) is 0 Å². The van der Waals surface area contributed by atoms with E-state index < -0.39 is 17.3 Å². The van der Waals surface area contributed by atoms with Crippen molar-refractivity contribution in [2.24, 2.45) is 0 Å². The van der Waals surface area contributed by atoms with Gasteiger partial charge >= 0.3 is 5.97 Å². The summed E-state index contributed by atoms with van der Waals surface area (Å²) in [5.41, 5.74) is -1.59. The third-order valence-electron chi connectivity index (χ3n) is 3.32. The SMILES string of the molecule is COc1cccc(F)c1C(C)(NCc1cccs1)C(=O)O. The van der Waals surface area contributed by atoms with Crippen molar-refractivity contribution in [2.45, 2.75) is 19.0 Å². The molecule has 21 heavy (non-hydrogen) atoms. The van der Waals surface area contributed by atoms with Gasteiger partial charge in [-0.05, 0) is 30.5 Å². The number of benzene rings is 1. The lowest BCUT2D eigenvalue weighted by atomic mass is 9.90. The number of nitrogens with one attached hydrogen (secondary N) is 1. The predicted molar refractivity (Wildman–Crippen MR) is 79.1 cm³/mol. The Kier molecular flexibility index (Phi) is 4.59. The van der Waals surface area contributed by atoms with E-state index in [0.717, 1.165) is 4.88 Å². The highest BCUT2D eigenvalue weighted by molar-refractivity contribution is 7.09. The lowest BCUT2D eigenvalue weighted by Crippen LogP contribution is -2.47. The number of rotatable bonds is 6. The average molecular weight is 309 g/mol. The van der Waals surface area contributed by atoms with E-state index in [4.69, 9.17) is 4.74 Å². The Balaban J connectivity index is 2.40. The van der Waals surface area contributed by atoms with Crippen molar-refractivity contribution in [3.05, 3.63) is 52.0 Å². The molecular weight excluding hydrogens is 293 g/mol. The van der Waals surface area contributed by atoms with Gasteiger partial charge in [-0.15, -0.1) is 11.3 Å². The van der Waals surface area contributed by atoms with Crippen LogP contribution in [0.1, 0.15) is 17.4 Å². The first-order valence-electron chi connectivity index (χ1n) is 6.33. The number of carboxylic acid groups (broad SMARTS) is 1. The molecule has 1 aromatic carbocycles. The van der Waals surface area contributed by atoms with Gasteiger partial charge in [0.1, 0.15) is 17.1 Å². The molecule has 1 aromatic heterocycles. The first-order valence-corrected chi connectivity index (χ1v) is 7.21. The van der Waals surface area contributed by atoms with Gasteiger partial charge in [-0.1, -0.05) is 12.1 Å². The van der Waals surface area contributed by atoms with Crippen LogP contribution in [-0.4, -0.2) is 18.2 Å². The topological polar surface area (TPSA) is 58.6 Å². The van der Waals surface area contributed by atoms with Gasteiger partial charge in [0, 0.05) is 11.4 Å². The first-order chi connectivity index (χ1) is 9.99. The molecule has 0 amide bonds. The quantitative estimate of drug-likeness (QED) is 0.861. The molecule has 4 nitrogen and oxygen atoms in total. The number of thiophene rings is 1. The second-order valence-corrected chi connectivity index (χ2v) is 5.71. The molecule has 2 aromatic rings. The number of carbonyl (C=O) groups is 1. The molecule has 0 radical (unpaired) electrons. The van der Waals surface area contributed by atoms with Crippen LogP contribution in [-0.2, 0) is 16.9 Å². The number of hydrogen-bond acceptors (Lipinski definition) is 4. The van der Waals surface area contributed by atoms with E-state index in [1.165, 1.54) is 37.5 Å². The number of halogens is 1. The largest absolute Gasteiger partial charge is 0.496 e. The fraction of sp³-hybridized carbons (Fsp3) is 0.267. The molecule has 2 rings (SSSR count). The van der Waals surface area contributed by atoms with Crippen LogP contribution in [0.5, 0.6) is 5.75 Å². The van der Waals surface area contributed by atoms with Crippen molar-refractivity contribution in [1.29, 1.82) is 0 Å². The van der Waals surface area contributed by atoms with Crippen molar-refractivity contribution in [1.82, 2.24) is 5.32 Å². The Hall–Kier alpha value is -1.92. The second kappa shape index (κ2) is 6.24. The summed E-state index contributed by atoms with van der Waals surface area (Å²) >= 11 is 1.50. The monoisotopic (exact) mass is 309 g/mol. The van der Waals surface area contributed by atoms with Crippen LogP contribution in [0, 0.1) is 5.82 Å². The van der Waals surface area contributed by atoms with Gasteiger partial charge in [0.15, 0.2) is 0 Å². The molecular formula is C15H16FNO3S. The summed E-state index contributed by atoms with van der Waals surface area (Å²) in [6.45, 7) is 1.77. The molecule has 1 unspecified atom stereocenters. The zero-order valence-electron chi connectivity index (χ0n) is 11.7. The van der Waals surface area contributed by atoms with Gasteiger partial charge in [-0.2, -0.15) is 0 Å². The van der Waals surface area contributed by atoms with Crippen LogP contribution in [0.25, 0.3) is 0 Å². The minimum atomic E-state index is -1.58. The van der Waals surface area contributed by atoms with E-state index in [0.29, 0.717) is 6.54 Å². The summed E-state index contributed by atoms with van der Waals surface area (Å²) in [7, 11) is 1.39. The van der Waals surface area contributed by atoms with Gasteiger partial charge in [-0.25, -0.2) is 9.18 Å². The minimum absolute atomic E-state index is 0.00319. The summed E-state index contributed by atoms with van der Waals surface area (Å²) in [6, 6.07) is 8.03. The highest BCUT2D eigenvalue weighted by Crippen LogP contribution is 2.33. The van der Waals surface area contributed by atoms with Crippen molar-refractivity contribution in [3.63, 3.8) is 0 Å². The Labute approximate surface area is 126 Å². The summed E-state index contributed by atoms with van der Waals surface area (Å²) in [5.74, 6) is -1.57. The summed E-state index contributed by atoms with van der Waals surface area (Å²) in [5, 5.41) is 14.4. The van der Waals surface area contributed by atoms with Crippen LogP contribution in [0.15, 0.2) is 35.7 Å². The normalized spacial score (nSPS) is 13.7. The van der Waals surface area contributed by atoms with Gasteiger partial charge < -0.3 is 9.84 Å². The van der Waals surface area contributed by atoms with Crippen LogP contribution < -0.4 is 10.1 Å². The average Bonchev–Trinajstić information content (AvgIpc) is 2.97. The molecule has 0 aliphatic heterocycles. The fourth-order valence-corrected chi connectivity index (χ4v) is 2.75. The van der Waals surface area contributed by atoms with E-state index in [2.05, 4.69) is 5.32 Å². The molecule has 0 saturated heterocycles. The fourth-order valence-electron chi connectivity index (χ4n) is 2.11. The number of carboxylic acids is 1. The Morgan fingerprint density at radius 1 is 1.43 bits per heavy atom. The number of hydrogen-bond donors (Lipinski definition) is 2. The van der Waals surface area contributed by atoms with Crippen molar-refractivity contribution >= 4 is 17.3 Å². The third kappa shape index (κ3) is 3.06. The van der Waals surface area contributed by atoms with E-state index in [1.54, 1.807) is 6.07 Å². The third-order valence-corrected chi connectivity index (χ3v) is 4.20. The van der Waals surface area contributed by atoms with E-state index >= 15 is 0 Å². The standard InChI is InChI=1S/C15H16FNO3S/c1-15(14(18)19,17-9-10-5-4-8-21-10)13-11(16)6-3-7-12(13)20-2/h3-8,17H,9H2,1-2H3,(H,18,19). The van der Waals surface area contributed by atoms with Crippen molar-refractivity contribution < 1.29 is 19.0 Å². The lowest BCUT2D eigenvalue weighted by Gasteiger charge is -2.28. The maximum atomic E-state index is 14.2. The van der Waals surface area contributed by atoms with Gasteiger partial charge in [-0.3, -0.25) is 5.32 Å². The molecule has 1 heterocycles. The van der Waals surface area contributed by atoms with Crippen LogP contribution in [0.3, 0.4) is 0 Å². The molecule has 0 spiro atoms. The first kappa shape index (κ1) is 15.5. The predicted octanol–water partition coefficient (Wildman–Crippen LogP) is 2.99. The van der Waals surface area contributed by atoms with Crippen LogP contribution in [0.4, 0.5) is 4.39 Å². The zero-order valence-corrected chi connectivity index (χ0v) is 12.5. The molecule has 0 aliphatic rings. The number of ether oxygens (including phenoxy) is 1. The minimum Gasteiger partial charge on any atom is -0.496 e. The molecule has 6 heteroatoms.